The molecule has 1 aromatic heterocycles. The van der Waals surface area contributed by atoms with Gasteiger partial charge in [-0.25, -0.2) is 4.98 Å². The minimum Gasteiger partial charge on any atom is -0.380 e. The molecule has 5 nitrogen and oxygen atoms in total. The maximum atomic E-state index is 13.5. The highest BCUT2D eigenvalue weighted by molar-refractivity contribution is 7.09. The lowest BCUT2D eigenvalue weighted by Gasteiger charge is -2.47. The second-order valence-electron chi connectivity index (χ2n) is 8.75. The summed E-state index contributed by atoms with van der Waals surface area (Å²) in [6.45, 7) is 1.62. The summed E-state index contributed by atoms with van der Waals surface area (Å²) in [5.41, 5.74) is -0.676. The highest BCUT2D eigenvalue weighted by atomic mass is 35.5. The topological polar surface area (TPSA) is 62.7 Å². The molecular weight excluding hydrogens is 408 g/mol. The van der Waals surface area contributed by atoms with Crippen LogP contribution in [0.25, 0.3) is 0 Å². The summed E-state index contributed by atoms with van der Waals surface area (Å²) in [7, 11) is 0. The van der Waals surface area contributed by atoms with E-state index >= 15 is 0 Å². The van der Waals surface area contributed by atoms with Crippen molar-refractivity contribution < 1.29 is 14.6 Å². The van der Waals surface area contributed by atoms with Crippen LogP contribution in [0.15, 0.2) is 35.8 Å². The molecule has 2 aliphatic heterocycles. The number of amides is 1. The third kappa shape index (κ3) is 3.21. The fourth-order valence-electron chi connectivity index (χ4n) is 5.16. The fraction of sp³-hybridized carbons (Fsp3) is 0.545. The maximum absolute atomic E-state index is 13.5. The molecule has 0 unspecified atom stereocenters. The largest absolute Gasteiger partial charge is 0.380 e. The van der Waals surface area contributed by atoms with E-state index in [1.807, 2.05) is 34.5 Å². The summed E-state index contributed by atoms with van der Waals surface area (Å²) >= 11 is 7.52. The van der Waals surface area contributed by atoms with Gasteiger partial charge in [0.25, 0.3) is 0 Å². The lowest BCUT2D eigenvalue weighted by Crippen LogP contribution is -2.55. The van der Waals surface area contributed by atoms with E-state index in [1.54, 1.807) is 6.20 Å². The normalized spacial score (nSPS) is 27.7. The molecule has 0 radical (unpaired) electrons. The zero-order valence-electron chi connectivity index (χ0n) is 16.3. The number of thiazole rings is 1. The van der Waals surface area contributed by atoms with E-state index in [9.17, 15) is 9.90 Å². The molecule has 1 spiro atoms. The maximum Gasteiger partial charge on any atom is 0.233 e. The molecule has 7 heteroatoms. The quantitative estimate of drug-likeness (QED) is 0.799. The van der Waals surface area contributed by atoms with Gasteiger partial charge < -0.3 is 14.7 Å². The SMILES string of the molecule is O=C(N1CCC2(CC1)C[C@](O)(c1nccs1)CO2)C1(c2ccc(Cl)cc2)CCC1. The molecule has 2 aromatic rings. The average Bonchev–Trinajstić information content (AvgIpc) is 3.33. The van der Waals surface area contributed by atoms with Crippen LogP contribution in [0, 0.1) is 0 Å². The van der Waals surface area contributed by atoms with Gasteiger partial charge in [-0.05, 0) is 43.4 Å². The molecule has 0 bridgehead atoms. The van der Waals surface area contributed by atoms with Gasteiger partial charge in [-0.3, -0.25) is 4.79 Å². The zero-order valence-corrected chi connectivity index (χ0v) is 17.8. The first kappa shape index (κ1) is 19.5. The number of rotatable bonds is 3. The van der Waals surface area contributed by atoms with Crippen molar-refractivity contribution in [3.63, 3.8) is 0 Å². The average molecular weight is 433 g/mol. The molecule has 2 saturated heterocycles. The molecule has 1 saturated carbocycles. The molecule has 1 atom stereocenters. The Labute approximate surface area is 179 Å². The minimum absolute atomic E-state index is 0.231. The number of nitrogens with zero attached hydrogens (tertiary/aromatic N) is 2. The predicted molar refractivity (Wildman–Crippen MR) is 112 cm³/mol. The van der Waals surface area contributed by atoms with Crippen molar-refractivity contribution in [1.82, 2.24) is 9.88 Å². The molecule has 3 aliphatic rings. The number of hydrogen-bond acceptors (Lipinski definition) is 5. The molecular formula is C22H25ClN2O3S. The first-order chi connectivity index (χ1) is 13.9. The van der Waals surface area contributed by atoms with Crippen molar-refractivity contribution in [2.45, 2.75) is 55.1 Å². The van der Waals surface area contributed by atoms with Crippen LogP contribution in [0.3, 0.4) is 0 Å². The van der Waals surface area contributed by atoms with Crippen molar-refractivity contribution in [3.05, 3.63) is 51.4 Å². The van der Waals surface area contributed by atoms with Gasteiger partial charge in [0.05, 0.1) is 17.6 Å². The van der Waals surface area contributed by atoms with Gasteiger partial charge in [0.15, 0.2) is 0 Å². The molecule has 1 N–H and O–H groups in total. The first-order valence-electron chi connectivity index (χ1n) is 10.3. The van der Waals surface area contributed by atoms with Crippen LogP contribution in [-0.2, 0) is 20.5 Å². The number of ether oxygens (including phenoxy) is 1. The Balaban J connectivity index is 1.28. The summed E-state index contributed by atoms with van der Waals surface area (Å²) in [6.07, 6.45) is 6.66. The van der Waals surface area contributed by atoms with Crippen molar-refractivity contribution in [2.75, 3.05) is 19.7 Å². The van der Waals surface area contributed by atoms with Gasteiger partial charge in [0.2, 0.25) is 5.91 Å². The van der Waals surface area contributed by atoms with Crippen LogP contribution in [0.1, 0.15) is 49.1 Å². The number of aliphatic hydroxyl groups is 1. The lowest BCUT2D eigenvalue weighted by atomic mass is 9.63. The highest BCUT2D eigenvalue weighted by Crippen LogP contribution is 2.48. The monoisotopic (exact) mass is 432 g/mol. The van der Waals surface area contributed by atoms with Gasteiger partial charge in [-0.2, -0.15) is 0 Å². The Morgan fingerprint density at radius 2 is 1.90 bits per heavy atom. The van der Waals surface area contributed by atoms with Crippen molar-refractivity contribution in [3.8, 4) is 0 Å². The van der Waals surface area contributed by atoms with E-state index in [0.29, 0.717) is 24.5 Å². The number of carbonyl (C=O) groups is 1. The Kier molecular flexibility index (Phi) is 4.74. The van der Waals surface area contributed by atoms with Crippen molar-refractivity contribution >= 4 is 28.8 Å². The number of piperidine rings is 1. The number of benzene rings is 1. The van der Waals surface area contributed by atoms with E-state index < -0.39 is 11.0 Å². The Bertz CT molecular complexity index is 889. The van der Waals surface area contributed by atoms with Crippen molar-refractivity contribution in [1.29, 1.82) is 0 Å². The first-order valence-corrected chi connectivity index (χ1v) is 11.5. The van der Waals surface area contributed by atoms with E-state index in [4.69, 9.17) is 16.3 Å². The standard InChI is InChI=1S/C22H25ClN2O3S/c23-17-4-2-16(3-5-17)21(6-1-7-21)19(26)25-11-8-20(9-12-25)14-22(27,15-28-20)18-24-10-13-29-18/h2-5,10,13,27H,1,6-9,11-12,14-15H2/t22-/m1/s1. The number of aromatic nitrogens is 1. The van der Waals surface area contributed by atoms with Crippen LogP contribution in [0.2, 0.25) is 5.02 Å². The second kappa shape index (κ2) is 7.05. The molecule has 3 heterocycles. The van der Waals surface area contributed by atoms with Gasteiger partial charge >= 0.3 is 0 Å². The molecule has 1 aromatic carbocycles. The summed E-state index contributed by atoms with van der Waals surface area (Å²) < 4.78 is 6.14. The van der Waals surface area contributed by atoms with E-state index in [-0.39, 0.29) is 18.1 Å². The number of halogens is 1. The van der Waals surface area contributed by atoms with Crippen LogP contribution in [0.5, 0.6) is 0 Å². The molecule has 5 rings (SSSR count). The summed E-state index contributed by atoms with van der Waals surface area (Å²) in [4.78, 5) is 19.8. The molecule has 154 valence electrons. The Morgan fingerprint density at radius 1 is 1.17 bits per heavy atom. The van der Waals surface area contributed by atoms with Crippen LogP contribution < -0.4 is 0 Å². The minimum atomic E-state index is -1.00. The molecule has 3 fully saturated rings. The zero-order chi connectivity index (χ0) is 20.1. The van der Waals surface area contributed by atoms with E-state index in [2.05, 4.69) is 4.98 Å². The summed E-state index contributed by atoms with van der Waals surface area (Å²) in [5, 5.41) is 14.3. The van der Waals surface area contributed by atoms with E-state index in [0.717, 1.165) is 42.7 Å². The Hall–Kier alpha value is -1.47. The van der Waals surface area contributed by atoms with Crippen LogP contribution in [-0.4, -0.2) is 46.2 Å². The number of likely N-dealkylation sites (tertiary alicyclic amines) is 1. The van der Waals surface area contributed by atoms with Crippen LogP contribution in [0.4, 0.5) is 0 Å². The van der Waals surface area contributed by atoms with Crippen molar-refractivity contribution in [2.24, 2.45) is 0 Å². The number of hydrogen-bond donors (Lipinski definition) is 1. The second-order valence-corrected chi connectivity index (χ2v) is 10.1. The molecule has 1 aliphatic carbocycles. The van der Waals surface area contributed by atoms with Gasteiger partial charge in [-0.15, -0.1) is 11.3 Å². The van der Waals surface area contributed by atoms with Gasteiger partial charge in [-0.1, -0.05) is 30.2 Å². The fourth-order valence-corrected chi connectivity index (χ4v) is 6.01. The third-order valence-electron chi connectivity index (χ3n) is 7.04. The molecule has 29 heavy (non-hydrogen) atoms. The summed E-state index contributed by atoms with van der Waals surface area (Å²) in [6, 6.07) is 7.75. The van der Waals surface area contributed by atoms with Gasteiger partial charge in [0, 0.05) is 36.1 Å². The Morgan fingerprint density at radius 3 is 2.48 bits per heavy atom. The van der Waals surface area contributed by atoms with E-state index in [1.165, 1.54) is 11.3 Å². The van der Waals surface area contributed by atoms with Gasteiger partial charge in [0.1, 0.15) is 10.6 Å². The molecule has 1 amide bonds. The third-order valence-corrected chi connectivity index (χ3v) is 8.26. The number of carbonyl (C=O) groups excluding carboxylic acids is 1. The highest BCUT2D eigenvalue weighted by Gasteiger charge is 2.54. The smallest absolute Gasteiger partial charge is 0.233 e. The predicted octanol–water partition coefficient (Wildman–Crippen LogP) is 3.89. The summed E-state index contributed by atoms with van der Waals surface area (Å²) in [5.74, 6) is 0.231. The van der Waals surface area contributed by atoms with Crippen LogP contribution >= 0.6 is 22.9 Å². The lowest BCUT2D eigenvalue weighted by molar-refractivity contribution is -0.145.